The number of rotatable bonds is 5. The molecule has 3 rings (SSSR count). The maximum Gasteiger partial charge on any atom is 0.306 e. The summed E-state index contributed by atoms with van der Waals surface area (Å²) in [7, 11) is 0. The lowest BCUT2D eigenvalue weighted by Crippen LogP contribution is -2.34. The van der Waals surface area contributed by atoms with Crippen LogP contribution in [0.5, 0.6) is 0 Å². The molecular weight excluding hydrogens is 351 g/mol. The smallest absolute Gasteiger partial charge is 0.306 e. The minimum atomic E-state index is -0.684. The van der Waals surface area contributed by atoms with Crippen LogP contribution < -0.4 is 5.32 Å². The zero-order valence-corrected chi connectivity index (χ0v) is 14.5. The van der Waals surface area contributed by atoms with Gasteiger partial charge in [-0.2, -0.15) is 0 Å². The molecule has 2 N–H and O–H groups in total. The van der Waals surface area contributed by atoms with E-state index in [4.69, 9.17) is 28.3 Å². The lowest BCUT2D eigenvalue weighted by molar-refractivity contribution is -0.142. The topological polar surface area (TPSA) is 80.0 Å². The normalized spacial score (nSPS) is 20.9. The van der Waals surface area contributed by atoms with Gasteiger partial charge in [0, 0.05) is 17.6 Å². The summed E-state index contributed by atoms with van der Waals surface area (Å²) in [4.78, 5) is 11.0. The van der Waals surface area contributed by atoms with Crippen LogP contribution in [0, 0.1) is 5.92 Å². The number of carbonyl (C=O) groups is 1. The number of aromatic nitrogens is 3. The van der Waals surface area contributed by atoms with Crippen LogP contribution >= 0.6 is 23.2 Å². The summed E-state index contributed by atoms with van der Waals surface area (Å²) in [5, 5.41) is 21.8. The Balaban J connectivity index is 1.56. The Hall–Kier alpha value is -1.63. The van der Waals surface area contributed by atoms with Gasteiger partial charge < -0.3 is 10.4 Å². The van der Waals surface area contributed by atoms with Crippen molar-refractivity contribution in [3.63, 3.8) is 0 Å². The molecule has 1 saturated carbocycles. The van der Waals surface area contributed by atoms with Crippen LogP contribution in [0.2, 0.25) is 10.0 Å². The molecule has 2 aromatic rings. The van der Waals surface area contributed by atoms with E-state index < -0.39 is 5.97 Å². The molecule has 1 fully saturated rings. The van der Waals surface area contributed by atoms with E-state index in [1.54, 1.807) is 22.9 Å². The Bertz CT molecular complexity index is 727. The summed E-state index contributed by atoms with van der Waals surface area (Å²) in [6.45, 7) is 0.591. The molecule has 1 aliphatic carbocycles. The molecule has 8 heteroatoms. The number of nitrogens with one attached hydrogen (secondary N) is 1. The molecule has 1 heterocycles. The molecule has 0 aliphatic heterocycles. The van der Waals surface area contributed by atoms with Crippen LogP contribution in [0.1, 0.15) is 31.4 Å². The fourth-order valence-corrected chi connectivity index (χ4v) is 3.45. The molecule has 128 valence electrons. The van der Waals surface area contributed by atoms with Crippen molar-refractivity contribution >= 4 is 29.2 Å². The molecule has 0 radical (unpaired) electrons. The number of carboxylic acids is 1. The molecule has 0 bridgehead atoms. The van der Waals surface area contributed by atoms with Crippen molar-refractivity contribution in [1.29, 1.82) is 0 Å². The van der Waals surface area contributed by atoms with Gasteiger partial charge in [-0.15, -0.1) is 5.10 Å². The van der Waals surface area contributed by atoms with Gasteiger partial charge in [-0.1, -0.05) is 28.4 Å². The molecule has 6 nitrogen and oxygen atoms in total. The third-order valence-corrected chi connectivity index (χ3v) is 4.88. The highest BCUT2D eigenvalue weighted by atomic mass is 35.5. The predicted octanol–water partition coefficient (Wildman–Crippen LogP) is 3.31. The minimum Gasteiger partial charge on any atom is -0.481 e. The number of aliphatic carboxylic acids is 1. The number of benzene rings is 1. The molecule has 0 saturated heterocycles. The van der Waals surface area contributed by atoms with E-state index in [-0.39, 0.29) is 5.92 Å². The molecule has 0 spiro atoms. The predicted molar refractivity (Wildman–Crippen MR) is 91.6 cm³/mol. The zero-order chi connectivity index (χ0) is 17.1. The second-order valence-corrected chi connectivity index (χ2v) is 6.86. The van der Waals surface area contributed by atoms with Gasteiger partial charge in [0.1, 0.15) is 0 Å². The van der Waals surface area contributed by atoms with Gasteiger partial charge in [0.15, 0.2) is 0 Å². The average molecular weight is 369 g/mol. The summed E-state index contributed by atoms with van der Waals surface area (Å²) in [5.74, 6) is -0.882. The highest BCUT2D eigenvalue weighted by Gasteiger charge is 2.25. The first-order valence-electron chi connectivity index (χ1n) is 7.86. The first-order chi connectivity index (χ1) is 11.5. The van der Waals surface area contributed by atoms with E-state index >= 15 is 0 Å². The van der Waals surface area contributed by atoms with Crippen LogP contribution in [0.15, 0.2) is 24.4 Å². The van der Waals surface area contributed by atoms with Crippen molar-refractivity contribution in [3.8, 4) is 5.69 Å². The molecular formula is C16H18Cl2N4O2. The second kappa shape index (κ2) is 7.51. The summed E-state index contributed by atoms with van der Waals surface area (Å²) in [6, 6.07) is 5.54. The summed E-state index contributed by atoms with van der Waals surface area (Å²) < 4.78 is 1.62. The van der Waals surface area contributed by atoms with Crippen LogP contribution in [0.3, 0.4) is 0 Å². The van der Waals surface area contributed by atoms with E-state index in [0.29, 0.717) is 22.6 Å². The third-order valence-electron chi connectivity index (χ3n) is 4.35. The van der Waals surface area contributed by atoms with Gasteiger partial charge in [-0.3, -0.25) is 4.79 Å². The summed E-state index contributed by atoms with van der Waals surface area (Å²) in [5.41, 5.74) is 1.53. The van der Waals surface area contributed by atoms with E-state index in [9.17, 15) is 4.79 Å². The highest BCUT2D eigenvalue weighted by molar-refractivity contribution is 6.35. The first kappa shape index (κ1) is 17.2. The molecule has 0 atom stereocenters. The third kappa shape index (κ3) is 4.06. The maximum atomic E-state index is 11.0. The molecule has 1 aromatic heterocycles. The van der Waals surface area contributed by atoms with Crippen molar-refractivity contribution in [2.24, 2.45) is 5.92 Å². The molecule has 24 heavy (non-hydrogen) atoms. The molecule has 0 unspecified atom stereocenters. The Morgan fingerprint density at radius 3 is 2.71 bits per heavy atom. The lowest BCUT2D eigenvalue weighted by atomic mass is 9.86. The second-order valence-electron chi connectivity index (χ2n) is 6.02. The Morgan fingerprint density at radius 1 is 1.29 bits per heavy atom. The Kier molecular flexibility index (Phi) is 5.38. The summed E-state index contributed by atoms with van der Waals surface area (Å²) >= 11 is 12.1. The van der Waals surface area contributed by atoms with Crippen molar-refractivity contribution < 1.29 is 9.90 Å². The largest absolute Gasteiger partial charge is 0.481 e. The van der Waals surface area contributed by atoms with E-state index in [0.717, 1.165) is 37.1 Å². The maximum absolute atomic E-state index is 11.0. The minimum absolute atomic E-state index is 0.198. The van der Waals surface area contributed by atoms with E-state index in [1.165, 1.54) is 0 Å². The van der Waals surface area contributed by atoms with Gasteiger partial charge in [0.25, 0.3) is 0 Å². The van der Waals surface area contributed by atoms with Crippen molar-refractivity contribution in [2.75, 3.05) is 0 Å². The number of nitrogens with zero attached hydrogens (tertiary/aromatic N) is 3. The Morgan fingerprint density at radius 2 is 2.04 bits per heavy atom. The fourth-order valence-electron chi connectivity index (χ4n) is 2.96. The lowest BCUT2D eigenvalue weighted by Gasteiger charge is -2.26. The quantitative estimate of drug-likeness (QED) is 0.845. The van der Waals surface area contributed by atoms with Crippen LogP contribution in [0.25, 0.3) is 5.69 Å². The van der Waals surface area contributed by atoms with Gasteiger partial charge in [0.05, 0.1) is 28.5 Å². The van der Waals surface area contributed by atoms with Crippen LogP contribution in [-0.2, 0) is 11.3 Å². The SMILES string of the molecule is O=C(O)C1CCC(NCc2cn(-c3ccc(Cl)cc3Cl)nn2)CC1. The van der Waals surface area contributed by atoms with Crippen molar-refractivity contribution in [2.45, 2.75) is 38.3 Å². The molecule has 1 aromatic carbocycles. The van der Waals surface area contributed by atoms with Crippen molar-refractivity contribution in [1.82, 2.24) is 20.3 Å². The van der Waals surface area contributed by atoms with Crippen molar-refractivity contribution in [3.05, 3.63) is 40.1 Å². The average Bonchev–Trinajstić information content (AvgIpc) is 3.02. The van der Waals surface area contributed by atoms with Gasteiger partial charge >= 0.3 is 5.97 Å². The van der Waals surface area contributed by atoms with E-state index in [1.807, 2.05) is 6.20 Å². The first-order valence-corrected chi connectivity index (χ1v) is 8.61. The zero-order valence-electron chi connectivity index (χ0n) is 13.0. The van der Waals surface area contributed by atoms with Crippen LogP contribution in [-0.4, -0.2) is 32.1 Å². The monoisotopic (exact) mass is 368 g/mol. The number of hydrogen-bond acceptors (Lipinski definition) is 4. The fraction of sp³-hybridized carbons (Fsp3) is 0.438. The summed E-state index contributed by atoms with van der Waals surface area (Å²) in [6.07, 6.45) is 5.01. The van der Waals surface area contributed by atoms with Gasteiger partial charge in [-0.25, -0.2) is 4.68 Å². The number of hydrogen-bond donors (Lipinski definition) is 2. The highest BCUT2D eigenvalue weighted by Crippen LogP contribution is 2.25. The molecule has 1 aliphatic rings. The van der Waals surface area contributed by atoms with Gasteiger partial charge in [0.2, 0.25) is 0 Å². The van der Waals surface area contributed by atoms with Gasteiger partial charge in [-0.05, 0) is 43.9 Å². The Labute approximate surface area is 149 Å². The molecule has 0 amide bonds. The van der Waals surface area contributed by atoms with E-state index in [2.05, 4.69) is 15.6 Å². The number of halogens is 2. The standard InChI is InChI=1S/C16H18Cl2N4O2/c17-11-3-6-15(14(18)7-11)22-9-13(20-21-22)8-19-12-4-1-10(2-5-12)16(23)24/h3,6-7,9-10,12,19H,1-2,4-5,8H2,(H,23,24). The number of carboxylic acid groups (broad SMARTS) is 1. The van der Waals surface area contributed by atoms with Crippen LogP contribution in [0.4, 0.5) is 0 Å².